The van der Waals surface area contributed by atoms with Crippen molar-refractivity contribution in [2.75, 3.05) is 6.61 Å². The molecule has 8 heavy (non-hydrogen) atoms. The van der Waals surface area contributed by atoms with Crippen molar-refractivity contribution in [2.24, 2.45) is 0 Å². The van der Waals surface area contributed by atoms with Crippen molar-refractivity contribution in [1.82, 2.24) is 0 Å². The maximum Gasteiger partial charge on any atom is 0.435 e. The van der Waals surface area contributed by atoms with Crippen LogP contribution in [0, 0.1) is 0 Å². The van der Waals surface area contributed by atoms with Gasteiger partial charge >= 0.3 is 5.43 Å². The Bertz CT molecular complexity index is 73.7. The zero-order valence-corrected chi connectivity index (χ0v) is 5.27. The molecule has 0 radical (unpaired) electrons. The van der Waals surface area contributed by atoms with Crippen molar-refractivity contribution in [3.63, 3.8) is 0 Å². The Hall–Kier alpha value is -0.280. The van der Waals surface area contributed by atoms with Crippen LogP contribution >= 0.6 is 11.6 Å². The predicted molar refractivity (Wildman–Crippen MR) is 28.6 cm³/mol. The van der Waals surface area contributed by atoms with Gasteiger partial charge in [-0.1, -0.05) is 6.92 Å². The second kappa shape index (κ2) is 4.87. The molecule has 0 spiro atoms. The predicted octanol–water partition coefficient (Wildman–Crippen LogP) is 1.70. The van der Waals surface area contributed by atoms with Gasteiger partial charge in [0.05, 0.1) is 6.61 Å². The molecule has 0 heterocycles. The molecule has 4 heteroatoms. The van der Waals surface area contributed by atoms with Gasteiger partial charge in [-0.15, -0.1) is 0 Å². The molecule has 0 amide bonds. The van der Waals surface area contributed by atoms with Crippen molar-refractivity contribution in [1.29, 1.82) is 0 Å². The monoisotopic (exact) mass is 138 g/mol. The molecule has 0 aromatic heterocycles. The molecule has 0 aliphatic carbocycles. The van der Waals surface area contributed by atoms with E-state index in [0.717, 1.165) is 6.42 Å². The molecule has 48 valence electrons. The molecule has 0 unspecified atom stereocenters. The minimum absolute atomic E-state index is 0.387. The molecule has 0 aromatic rings. The summed E-state index contributed by atoms with van der Waals surface area (Å²) in [5.41, 5.74) is -0.932. The Kier molecular flexibility index (Phi) is 4.70. The molecule has 0 atom stereocenters. The molecule has 3 nitrogen and oxygen atoms in total. The summed E-state index contributed by atoms with van der Waals surface area (Å²) >= 11 is 4.73. The van der Waals surface area contributed by atoms with Crippen LogP contribution in [-0.2, 0) is 9.78 Å². The van der Waals surface area contributed by atoms with Crippen LogP contribution < -0.4 is 0 Å². The quantitative estimate of drug-likeness (QED) is 0.258. The lowest BCUT2D eigenvalue weighted by Crippen LogP contribution is -1.96. The van der Waals surface area contributed by atoms with Gasteiger partial charge in [-0.3, -0.25) is 4.89 Å². The maximum absolute atomic E-state index is 9.74. The second-order valence-corrected chi connectivity index (χ2v) is 1.45. The topological polar surface area (TPSA) is 35.5 Å². The molecule has 0 bridgehead atoms. The molecule has 0 saturated heterocycles. The summed E-state index contributed by atoms with van der Waals surface area (Å²) in [6.07, 6.45) is 0.796. The van der Waals surface area contributed by atoms with Gasteiger partial charge in [0, 0.05) is 11.6 Å². The second-order valence-electron chi connectivity index (χ2n) is 1.14. The van der Waals surface area contributed by atoms with Crippen molar-refractivity contribution in [3.8, 4) is 0 Å². The summed E-state index contributed by atoms with van der Waals surface area (Å²) in [5, 5.41) is 0. The third-order valence-corrected chi connectivity index (χ3v) is 0.475. The molecule has 0 aliphatic heterocycles. The highest BCUT2D eigenvalue weighted by Crippen LogP contribution is 1.88. The Morgan fingerprint density at radius 2 is 2.38 bits per heavy atom. The number of rotatable bonds is 3. The normalized spacial score (nSPS) is 8.75. The van der Waals surface area contributed by atoms with Gasteiger partial charge in [-0.2, -0.15) is 4.89 Å². The third-order valence-electron chi connectivity index (χ3n) is 0.412. The van der Waals surface area contributed by atoms with Crippen LogP contribution in [0.3, 0.4) is 0 Å². The van der Waals surface area contributed by atoms with E-state index in [9.17, 15) is 4.79 Å². The van der Waals surface area contributed by atoms with Gasteiger partial charge in [-0.05, 0) is 6.42 Å². The first kappa shape index (κ1) is 7.72. The van der Waals surface area contributed by atoms with E-state index in [1.165, 1.54) is 0 Å². The molecular weight excluding hydrogens is 131 g/mol. The summed E-state index contributed by atoms with van der Waals surface area (Å²) in [6.45, 7) is 2.28. The average Bonchev–Trinajstić information content (AvgIpc) is 1.66. The van der Waals surface area contributed by atoms with E-state index in [2.05, 4.69) is 9.78 Å². The Balaban J connectivity index is 2.82. The molecular formula is C4H7ClO3. The van der Waals surface area contributed by atoms with Crippen LogP contribution in [0.25, 0.3) is 0 Å². The number of carbonyl (C=O) groups is 1. The first-order valence-electron chi connectivity index (χ1n) is 2.26. The Morgan fingerprint density at radius 1 is 1.75 bits per heavy atom. The van der Waals surface area contributed by atoms with E-state index in [4.69, 9.17) is 11.6 Å². The van der Waals surface area contributed by atoms with Crippen LogP contribution in [-0.4, -0.2) is 12.0 Å². The van der Waals surface area contributed by atoms with Gasteiger partial charge in [-0.25, -0.2) is 4.79 Å². The zero-order chi connectivity index (χ0) is 6.41. The minimum atomic E-state index is -0.932. The van der Waals surface area contributed by atoms with Gasteiger partial charge < -0.3 is 0 Å². The van der Waals surface area contributed by atoms with E-state index < -0.39 is 5.43 Å². The lowest BCUT2D eigenvalue weighted by molar-refractivity contribution is -0.230. The standard InChI is InChI=1S/C4H7ClO3/c1-2-3-7-8-4(5)6/h2-3H2,1H3. The highest BCUT2D eigenvalue weighted by Gasteiger charge is 1.92. The lowest BCUT2D eigenvalue weighted by atomic mass is 10.5. The molecule has 0 N–H and O–H groups in total. The van der Waals surface area contributed by atoms with E-state index >= 15 is 0 Å². The van der Waals surface area contributed by atoms with Gasteiger partial charge in [0.2, 0.25) is 0 Å². The van der Waals surface area contributed by atoms with Crippen LogP contribution in [0.1, 0.15) is 13.3 Å². The van der Waals surface area contributed by atoms with Crippen molar-refractivity contribution in [2.45, 2.75) is 13.3 Å². The fraction of sp³-hybridized carbons (Fsp3) is 0.750. The van der Waals surface area contributed by atoms with E-state index in [1.54, 1.807) is 0 Å². The molecule has 0 saturated carbocycles. The Labute approximate surface area is 52.5 Å². The molecule has 0 aliphatic rings. The molecule has 0 rings (SSSR count). The van der Waals surface area contributed by atoms with E-state index in [1.807, 2.05) is 6.92 Å². The van der Waals surface area contributed by atoms with Gasteiger partial charge in [0.1, 0.15) is 0 Å². The van der Waals surface area contributed by atoms with Crippen LogP contribution in [0.2, 0.25) is 0 Å². The largest absolute Gasteiger partial charge is 0.435 e. The van der Waals surface area contributed by atoms with E-state index in [0.29, 0.717) is 6.61 Å². The highest BCUT2D eigenvalue weighted by atomic mass is 35.5. The smallest absolute Gasteiger partial charge is 0.280 e. The van der Waals surface area contributed by atoms with Gasteiger partial charge in [0.25, 0.3) is 0 Å². The Morgan fingerprint density at radius 3 is 2.75 bits per heavy atom. The number of halogens is 1. The molecule has 0 fully saturated rings. The number of hydrogen-bond donors (Lipinski definition) is 0. The third kappa shape index (κ3) is 5.72. The average molecular weight is 139 g/mol. The number of carbonyl (C=O) groups excluding carboxylic acids is 1. The van der Waals surface area contributed by atoms with Crippen molar-refractivity contribution < 1.29 is 14.6 Å². The molecule has 0 aromatic carbocycles. The summed E-state index contributed by atoms with van der Waals surface area (Å²) in [7, 11) is 0. The summed E-state index contributed by atoms with van der Waals surface area (Å²) in [4.78, 5) is 17.9. The van der Waals surface area contributed by atoms with E-state index in [-0.39, 0.29) is 0 Å². The van der Waals surface area contributed by atoms with Crippen LogP contribution in [0.4, 0.5) is 4.79 Å². The summed E-state index contributed by atoms with van der Waals surface area (Å²) in [6, 6.07) is 0. The van der Waals surface area contributed by atoms with Crippen LogP contribution in [0.5, 0.6) is 0 Å². The van der Waals surface area contributed by atoms with Crippen LogP contribution in [0.15, 0.2) is 0 Å². The van der Waals surface area contributed by atoms with Gasteiger partial charge in [0.15, 0.2) is 0 Å². The minimum Gasteiger partial charge on any atom is -0.280 e. The van der Waals surface area contributed by atoms with Crippen molar-refractivity contribution >= 4 is 17.0 Å². The first-order valence-corrected chi connectivity index (χ1v) is 2.64. The SMILES string of the molecule is CCCOOC(=O)Cl. The fourth-order valence-corrected chi connectivity index (χ4v) is 0.216. The number of hydrogen-bond acceptors (Lipinski definition) is 3. The first-order chi connectivity index (χ1) is 3.77. The lowest BCUT2D eigenvalue weighted by Gasteiger charge is -1.94. The van der Waals surface area contributed by atoms with Crippen molar-refractivity contribution in [3.05, 3.63) is 0 Å². The highest BCUT2D eigenvalue weighted by molar-refractivity contribution is 6.61. The summed E-state index contributed by atoms with van der Waals surface area (Å²) in [5.74, 6) is 0. The zero-order valence-electron chi connectivity index (χ0n) is 4.52. The maximum atomic E-state index is 9.74. The fourth-order valence-electron chi connectivity index (χ4n) is 0.171. The summed E-state index contributed by atoms with van der Waals surface area (Å²) < 4.78 is 0.